The van der Waals surface area contributed by atoms with Crippen LogP contribution in [0.2, 0.25) is 5.02 Å². The predicted molar refractivity (Wildman–Crippen MR) is 70.2 cm³/mol. The zero-order valence-electron chi connectivity index (χ0n) is 9.54. The highest BCUT2D eigenvalue weighted by molar-refractivity contribution is 6.33. The van der Waals surface area contributed by atoms with Gasteiger partial charge in [0, 0.05) is 12.1 Å². The lowest BCUT2D eigenvalue weighted by Crippen LogP contribution is -2.00. The third-order valence-electron chi connectivity index (χ3n) is 2.56. The number of hydrogen-bond acceptors (Lipinski definition) is 1. The SMILES string of the molecule is FC(F)c1cccc(CNc2ccccc2Cl)c1. The molecule has 0 saturated carbocycles. The zero-order chi connectivity index (χ0) is 13.0. The lowest BCUT2D eigenvalue weighted by Gasteiger charge is -2.09. The van der Waals surface area contributed by atoms with Crippen LogP contribution in [0, 0.1) is 0 Å². The number of hydrogen-bond donors (Lipinski definition) is 1. The van der Waals surface area contributed by atoms with Crippen LogP contribution in [0.25, 0.3) is 0 Å². The zero-order valence-corrected chi connectivity index (χ0v) is 10.3. The second kappa shape index (κ2) is 5.83. The highest BCUT2D eigenvalue weighted by atomic mass is 35.5. The van der Waals surface area contributed by atoms with Gasteiger partial charge in [-0.05, 0) is 23.8 Å². The lowest BCUT2D eigenvalue weighted by atomic mass is 10.1. The van der Waals surface area contributed by atoms with E-state index in [9.17, 15) is 8.78 Å². The third kappa shape index (κ3) is 3.20. The lowest BCUT2D eigenvalue weighted by molar-refractivity contribution is 0.151. The van der Waals surface area contributed by atoms with Gasteiger partial charge >= 0.3 is 0 Å². The van der Waals surface area contributed by atoms with Crippen LogP contribution in [0.15, 0.2) is 48.5 Å². The Hall–Kier alpha value is -1.61. The van der Waals surface area contributed by atoms with E-state index in [0.717, 1.165) is 11.3 Å². The van der Waals surface area contributed by atoms with Crippen molar-refractivity contribution in [3.63, 3.8) is 0 Å². The molecule has 94 valence electrons. The van der Waals surface area contributed by atoms with Crippen LogP contribution < -0.4 is 5.32 Å². The number of nitrogens with one attached hydrogen (secondary N) is 1. The van der Waals surface area contributed by atoms with Crippen molar-refractivity contribution in [3.8, 4) is 0 Å². The number of anilines is 1. The summed E-state index contributed by atoms with van der Waals surface area (Å²) in [6, 6.07) is 13.7. The second-order valence-corrected chi connectivity index (χ2v) is 4.29. The van der Waals surface area contributed by atoms with Crippen molar-refractivity contribution in [2.75, 3.05) is 5.32 Å². The standard InChI is InChI=1S/C14H12ClF2N/c15-12-6-1-2-7-13(12)18-9-10-4-3-5-11(8-10)14(16)17/h1-8,14,18H,9H2. The van der Waals surface area contributed by atoms with Crippen LogP contribution in [0.5, 0.6) is 0 Å². The molecule has 0 saturated heterocycles. The highest BCUT2D eigenvalue weighted by Crippen LogP contribution is 2.23. The van der Waals surface area contributed by atoms with E-state index in [-0.39, 0.29) is 5.56 Å². The van der Waals surface area contributed by atoms with Crippen molar-refractivity contribution in [2.24, 2.45) is 0 Å². The summed E-state index contributed by atoms with van der Waals surface area (Å²) in [5.74, 6) is 0. The van der Waals surface area contributed by atoms with Gasteiger partial charge in [0.25, 0.3) is 6.43 Å². The monoisotopic (exact) mass is 267 g/mol. The average molecular weight is 268 g/mol. The molecule has 0 aliphatic rings. The largest absolute Gasteiger partial charge is 0.380 e. The summed E-state index contributed by atoms with van der Waals surface area (Å²) in [6.07, 6.45) is -2.44. The Morgan fingerprint density at radius 3 is 2.56 bits per heavy atom. The van der Waals surface area contributed by atoms with Crippen molar-refractivity contribution in [1.29, 1.82) is 0 Å². The van der Waals surface area contributed by atoms with Gasteiger partial charge in [0.1, 0.15) is 0 Å². The maximum atomic E-state index is 12.5. The van der Waals surface area contributed by atoms with E-state index in [1.54, 1.807) is 18.2 Å². The van der Waals surface area contributed by atoms with Gasteiger partial charge in [0.05, 0.1) is 10.7 Å². The van der Waals surface area contributed by atoms with Crippen molar-refractivity contribution in [2.45, 2.75) is 13.0 Å². The van der Waals surface area contributed by atoms with Gasteiger partial charge < -0.3 is 5.32 Å². The summed E-state index contributed by atoms with van der Waals surface area (Å²) < 4.78 is 25.1. The Morgan fingerprint density at radius 2 is 1.83 bits per heavy atom. The van der Waals surface area contributed by atoms with Crippen LogP contribution in [0.4, 0.5) is 14.5 Å². The minimum absolute atomic E-state index is 0.0356. The normalized spacial score (nSPS) is 10.7. The van der Waals surface area contributed by atoms with Crippen molar-refractivity contribution in [1.82, 2.24) is 0 Å². The van der Waals surface area contributed by atoms with Gasteiger partial charge in [0.2, 0.25) is 0 Å². The van der Waals surface area contributed by atoms with Gasteiger partial charge in [-0.25, -0.2) is 8.78 Å². The van der Waals surface area contributed by atoms with E-state index in [0.29, 0.717) is 11.6 Å². The van der Waals surface area contributed by atoms with Crippen LogP contribution in [0.1, 0.15) is 17.6 Å². The van der Waals surface area contributed by atoms with E-state index in [4.69, 9.17) is 11.6 Å². The van der Waals surface area contributed by atoms with Gasteiger partial charge in [-0.3, -0.25) is 0 Å². The van der Waals surface area contributed by atoms with E-state index >= 15 is 0 Å². The Bertz CT molecular complexity index is 529. The maximum absolute atomic E-state index is 12.5. The summed E-state index contributed by atoms with van der Waals surface area (Å²) in [5, 5.41) is 3.73. The first kappa shape index (κ1) is 12.8. The molecule has 0 aromatic heterocycles. The highest BCUT2D eigenvalue weighted by Gasteiger charge is 2.07. The van der Waals surface area contributed by atoms with Crippen LogP contribution >= 0.6 is 11.6 Å². The van der Waals surface area contributed by atoms with E-state index < -0.39 is 6.43 Å². The quantitative estimate of drug-likeness (QED) is 0.832. The molecular weight excluding hydrogens is 256 g/mol. The molecule has 0 spiro atoms. The second-order valence-electron chi connectivity index (χ2n) is 3.88. The fraction of sp³-hybridized carbons (Fsp3) is 0.143. The Kier molecular flexibility index (Phi) is 4.15. The minimum atomic E-state index is -2.44. The molecule has 1 nitrogen and oxygen atoms in total. The number of alkyl halides is 2. The molecule has 0 bridgehead atoms. The Labute approximate surface area is 109 Å². The van der Waals surface area contributed by atoms with Gasteiger partial charge in [-0.15, -0.1) is 0 Å². The van der Waals surface area contributed by atoms with Crippen LogP contribution in [-0.4, -0.2) is 0 Å². The average Bonchev–Trinajstić information content (AvgIpc) is 2.38. The molecule has 0 aliphatic heterocycles. The van der Waals surface area contributed by atoms with Gasteiger partial charge in [0.15, 0.2) is 0 Å². The number of para-hydroxylation sites is 1. The first-order valence-electron chi connectivity index (χ1n) is 5.52. The summed E-state index contributed by atoms with van der Waals surface area (Å²) in [7, 11) is 0. The van der Waals surface area contributed by atoms with Crippen molar-refractivity contribution < 1.29 is 8.78 Å². The summed E-state index contributed by atoms with van der Waals surface area (Å²) in [6.45, 7) is 0.463. The molecule has 0 unspecified atom stereocenters. The van der Waals surface area contributed by atoms with Crippen molar-refractivity contribution >= 4 is 17.3 Å². The summed E-state index contributed by atoms with van der Waals surface area (Å²) in [4.78, 5) is 0. The van der Waals surface area contributed by atoms with Gasteiger partial charge in [-0.2, -0.15) is 0 Å². The maximum Gasteiger partial charge on any atom is 0.263 e. The molecule has 0 amide bonds. The fourth-order valence-electron chi connectivity index (χ4n) is 1.64. The smallest absolute Gasteiger partial charge is 0.263 e. The molecular formula is C14H12ClF2N. The minimum Gasteiger partial charge on any atom is -0.380 e. The number of benzene rings is 2. The van der Waals surface area contributed by atoms with Gasteiger partial charge in [-0.1, -0.05) is 41.9 Å². The first-order valence-corrected chi connectivity index (χ1v) is 5.90. The molecule has 1 N–H and O–H groups in total. The summed E-state index contributed by atoms with van der Waals surface area (Å²) >= 11 is 5.99. The predicted octanol–water partition coefficient (Wildman–Crippen LogP) is 4.89. The molecule has 0 heterocycles. The third-order valence-corrected chi connectivity index (χ3v) is 2.89. The van der Waals surface area contributed by atoms with E-state index in [2.05, 4.69) is 5.32 Å². The number of rotatable bonds is 4. The van der Waals surface area contributed by atoms with E-state index in [1.165, 1.54) is 12.1 Å². The van der Waals surface area contributed by atoms with Crippen LogP contribution in [-0.2, 0) is 6.54 Å². The Balaban J connectivity index is 2.07. The molecule has 4 heteroatoms. The number of halogens is 3. The molecule has 2 aromatic rings. The molecule has 0 fully saturated rings. The molecule has 2 aromatic carbocycles. The van der Waals surface area contributed by atoms with Crippen molar-refractivity contribution in [3.05, 3.63) is 64.7 Å². The topological polar surface area (TPSA) is 12.0 Å². The Morgan fingerprint density at radius 1 is 1.06 bits per heavy atom. The first-order chi connectivity index (χ1) is 8.66. The van der Waals surface area contributed by atoms with Crippen LogP contribution in [0.3, 0.4) is 0 Å². The fourth-order valence-corrected chi connectivity index (χ4v) is 1.84. The molecule has 2 rings (SSSR count). The van der Waals surface area contributed by atoms with E-state index in [1.807, 2.05) is 18.2 Å². The summed E-state index contributed by atoms with van der Waals surface area (Å²) in [5.41, 5.74) is 1.63. The molecule has 0 aliphatic carbocycles. The molecule has 0 atom stereocenters. The molecule has 0 radical (unpaired) electrons. The molecule has 18 heavy (non-hydrogen) atoms.